The van der Waals surface area contributed by atoms with Crippen LogP contribution in [-0.4, -0.2) is 31.4 Å². The molecule has 0 fully saturated rings. The number of hydrogen-bond acceptors (Lipinski definition) is 10. The molecule has 0 bridgehead atoms. The molecule has 0 saturated carbocycles. The van der Waals surface area contributed by atoms with E-state index in [9.17, 15) is 30.0 Å². The second-order valence-corrected chi connectivity index (χ2v) is 9.24. The van der Waals surface area contributed by atoms with Crippen molar-refractivity contribution in [1.29, 1.82) is 0 Å². The van der Waals surface area contributed by atoms with Gasteiger partial charge >= 0.3 is 5.97 Å². The number of carbonyl (C=O) groups is 1. The molecule has 0 spiro atoms. The zero-order valence-corrected chi connectivity index (χ0v) is 20.7. The molecule has 3 aromatic carbocycles. The van der Waals surface area contributed by atoms with Gasteiger partial charge in [0.05, 0.1) is 12.1 Å². The van der Waals surface area contributed by atoms with Crippen LogP contribution in [0.4, 0.5) is 0 Å². The zero-order chi connectivity index (χ0) is 28.0. The van der Waals surface area contributed by atoms with Crippen molar-refractivity contribution in [1.82, 2.24) is 4.98 Å². The SMILES string of the molecule is O=C1CC(c2cccc(OCc3ccccn3)c2)c2c(cc(O)c3c(=O)c(O)c(-c4ccc(O)c(O)c4)oc23)O1. The van der Waals surface area contributed by atoms with Gasteiger partial charge < -0.3 is 34.3 Å². The highest BCUT2D eigenvalue weighted by molar-refractivity contribution is 5.94. The number of rotatable bonds is 5. The number of esters is 1. The molecule has 10 nitrogen and oxygen atoms in total. The molecular formula is C30H21NO9. The number of phenolic OH excluding ortho intramolecular Hbond substituents is 3. The topological polar surface area (TPSA) is 160 Å². The first kappa shape index (κ1) is 24.8. The summed E-state index contributed by atoms with van der Waals surface area (Å²) < 4.78 is 17.4. The summed E-state index contributed by atoms with van der Waals surface area (Å²) in [7, 11) is 0. The monoisotopic (exact) mass is 539 g/mol. The number of benzene rings is 3. The number of hydrogen-bond donors (Lipinski definition) is 4. The van der Waals surface area contributed by atoms with E-state index in [0.717, 1.165) is 17.8 Å². The van der Waals surface area contributed by atoms with Crippen molar-refractivity contribution >= 4 is 16.9 Å². The fourth-order valence-corrected chi connectivity index (χ4v) is 4.79. The minimum Gasteiger partial charge on any atom is -0.507 e. The molecule has 0 amide bonds. The summed E-state index contributed by atoms with van der Waals surface area (Å²) in [6, 6.07) is 17.3. The highest BCUT2D eigenvalue weighted by atomic mass is 16.5. The molecule has 40 heavy (non-hydrogen) atoms. The first-order valence-electron chi connectivity index (χ1n) is 12.2. The van der Waals surface area contributed by atoms with Crippen LogP contribution in [0, 0.1) is 0 Å². The molecule has 200 valence electrons. The number of carbonyl (C=O) groups excluding carboxylic acids is 1. The van der Waals surface area contributed by atoms with E-state index < -0.39 is 40.3 Å². The van der Waals surface area contributed by atoms with Gasteiger partial charge in [0, 0.05) is 29.3 Å². The fourth-order valence-electron chi connectivity index (χ4n) is 4.79. The second-order valence-electron chi connectivity index (χ2n) is 9.24. The maximum absolute atomic E-state index is 13.2. The number of ether oxygens (including phenoxy) is 2. The molecule has 6 rings (SSSR count). The maximum Gasteiger partial charge on any atom is 0.312 e. The first-order chi connectivity index (χ1) is 19.3. The third-order valence-corrected chi connectivity index (χ3v) is 6.68. The Morgan fingerprint density at radius 3 is 2.52 bits per heavy atom. The van der Waals surface area contributed by atoms with Gasteiger partial charge in [-0.05, 0) is 48.0 Å². The zero-order valence-electron chi connectivity index (χ0n) is 20.7. The van der Waals surface area contributed by atoms with Crippen molar-refractivity contribution < 1.29 is 39.1 Å². The van der Waals surface area contributed by atoms with Crippen LogP contribution in [0.5, 0.6) is 34.5 Å². The smallest absolute Gasteiger partial charge is 0.312 e. The largest absolute Gasteiger partial charge is 0.507 e. The van der Waals surface area contributed by atoms with E-state index in [-0.39, 0.29) is 41.1 Å². The quantitative estimate of drug-likeness (QED) is 0.140. The fraction of sp³-hybridized carbons (Fsp3) is 0.100. The lowest BCUT2D eigenvalue weighted by atomic mass is 9.85. The molecule has 3 heterocycles. The van der Waals surface area contributed by atoms with Gasteiger partial charge in [0.1, 0.15) is 34.8 Å². The molecule has 0 radical (unpaired) electrons. The lowest BCUT2D eigenvalue weighted by Gasteiger charge is -2.26. The number of phenols is 3. The maximum atomic E-state index is 13.2. The van der Waals surface area contributed by atoms with Crippen LogP contribution in [0.2, 0.25) is 0 Å². The Bertz CT molecular complexity index is 1850. The van der Waals surface area contributed by atoms with Crippen molar-refractivity contribution in [3.05, 3.63) is 100.0 Å². The van der Waals surface area contributed by atoms with Gasteiger partial charge in [-0.25, -0.2) is 0 Å². The van der Waals surface area contributed by atoms with Crippen LogP contribution in [0.15, 0.2) is 82.1 Å². The van der Waals surface area contributed by atoms with Gasteiger partial charge in [0.25, 0.3) is 0 Å². The third-order valence-electron chi connectivity index (χ3n) is 6.68. The predicted molar refractivity (Wildman–Crippen MR) is 142 cm³/mol. The summed E-state index contributed by atoms with van der Waals surface area (Å²) in [5.74, 6) is -3.24. The molecule has 4 N–H and O–H groups in total. The van der Waals surface area contributed by atoms with E-state index in [1.165, 1.54) is 12.1 Å². The molecule has 10 heteroatoms. The Kier molecular flexibility index (Phi) is 5.99. The Labute approximate surface area is 225 Å². The van der Waals surface area contributed by atoms with Crippen molar-refractivity contribution in [2.24, 2.45) is 0 Å². The second kappa shape index (κ2) is 9.66. The molecule has 2 aromatic heterocycles. The average molecular weight is 539 g/mol. The lowest BCUT2D eigenvalue weighted by molar-refractivity contribution is -0.135. The minimum atomic E-state index is -0.924. The average Bonchev–Trinajstić information content (AvgIpc) is 2.95. The van der Waals surface area contributed by atoms with Gasteiger partial charge in [-0.2, -0.15) is 0 Å². The first-order valence-corrected chi connectivity index (χ1v) is 12.2. The van der Waals surface area contributed by atoms with E-state index in [1.807, 2.05) is 12.1 Å². The molecule has 1 aliphatic heterocycles. The van der Waals surface area contributed by atoms with Gasteiger partial charge in [-0.1, -0.05) is 18.2 Å². The Morgan fingerprint density at radius 2 is 1.75 bits per heavy atom. The van der Waals surface area contributed by atoms with Crippen LogP contribution in [0.3, 0.4) is 0 Å². The summed E-state index contributed by atoms with van der Waals surface area (Å²) in [4.78, 5) is 30.1. The van der Waals surface area contributed by atoms with E-state index >= 15 is 0 Å². The Balaban J connectivity index is 1.51. The molecule has 1 unspecified atom stereocenters. The molecule has 0 saturated heterocycles. The van der Waals surface area contributed by atoms with Crippen LogP contribution >= 0.6 is 0 Å². The summed E-state index contributed by atoms with van der Waals surface area (Å²) in [6.07, 6.45) is 1.57. The van der Waals surface area contributed by atoms with E-state index in [4.69, 9.17) is 13.9 Å². The molecule has 0 aliphatic carbocycles. The summed E-state index contributed by atoms with van der Waals surface area (Å²) in [5.41, 5.74) is 0.775. The highest BCUT2D eigenvalue weighted by Gasteiger charge is 2.34. The van der Waals surface area contributed by atoms with E-state index in [1.54, 1.807) is 36.5 Å². The van der Waals surface area contributed by atoms with Gasteiger partial charge in [0.15, 0.2) is 17.3 Å². The van der Waals surface area contributed by atoms with Gasteiger partial charge in [0.2, 0.25) is 11.2 Å². The predicted octanol–water partition coefficient (Wildman–Crippen LogP) is 4.70. The molecule has 1 aliphatic rings. The number of fused-ring (bicyclic) bond motifs is 3. The number of nitrogens with zero attached hydrogens (tertiary/aromatic N) is 1. The summed E-state index contributed by atoms with van der Waals surface area (Å²) in [6.45, 7) is 0.224. The Morgan fingerprint density at radius 1 is 0.900 bits per heavy atom. The minimum absolute atomic E-state index is 0.000555. The lowest BCUT2D eigenvalue weighted by Crippen LogP contribution is -2.22. The van der Waals surface area contributed by atoms with E-state index in [2.05, 4.69) is 4.98 Å². The summed E-state index contributed by atoms with van der Waals surface area (Å²) >= 11 is 0. The van der Waals surface area contributed by atoms with Crippen LogP contribution in [0.25, 0.3) is 22.3 Å². The number of pyridine rings is 1. The van der Waals surface area contributed by atoms with Crippen molar-refractivity contribution in [2.75, 3.05) is 0 Å². The van der Waals surface area contributed by atoms with Crippen LogP contribution in [0.1, 0.15) is 29.2 Å². The normalized spacial score (nSPS) is 14.5. The summed E-state index contributed by atoms with van der Waals surface area (Å²) in [5, 5.41) is 40.7. The van der Waals surface area contributed by atoms with Gasteiger partial charge in [-0.15, -0.1) is 0 Å². The molecule has 1 atom stereocenters. The van der Waals surface area contributed by atoms with Crippen LogP contribution < -0.4 is 14.9 Å². The number of aromatic hydroxyl groups is 4. The molecular weight excluding hydrogens is 518 g/mol. The van der Waals surface area contributed by atoms with Crippen molar-refractivity contribution in [2.45, 2.75) is 18.9 Å². The molecule has 5 aromatic rings. The van der Waals surface area contributed by atoms with Crippen LogP contribution in [-0.2, 0) is 11.4 Å². The standard InChI is InChI=1S/C30H21NO9/c32-20-8-7-16(11-21(20)33)29-28(37)27(36)26-22(34)13-23-25(30(26)40-29)19(12-24(35)39-23)15-4-3-6-18(10-15)38-14-17-5-1-2-9-31-17/h1-11,13,19,32-34,37H,12,14H2. The highest BCUT2D eigenvalue weighted by Crippen LogP contribution is 2.47. The third kappa shape index (κ3) is 4.31. The van der Waals surface area contributed by atoms with E-state index in [0.29, 0.717) is 16.9 Å². The Hall–Kier alpha value is -5.51. The van der Waals surface area contributed by atoms with Crippen molar-refractivity contribution in [3.63, 3.8) is 0 Å². The van der Waals surface area contributed by atoms with Gasteiger partial charge in [-0.3, -0.25) is 14.6 Å². The van der Waals surface area contributed by atoms with Crippen molar-refractivity contribution in [3.8, 4) is 45.8 Å². The number of aromatic nitrogens is 1.